The Morgan fingerprint density at radius 1 is 1.26 bits per heavy atom. The fourth-order valence-corrected chi connectivity index (χ4v) is 2.69. The Morgan fingerprint density at radius 2 is 1.87 bits per heavy atom. The second kappa shape index (κ2) is 8.39. The molecule has 1 aromatic heterocycles. The van der Waals surface area contributed by atoms with E-state index in [1.807, 2.05) is 18.4 Å². The highest BCUT2D eigenvalue weighted by Gasteiger charge is 2.08. The number of rotatable bonds is 4. The van der Waals surface area contributed by atoms with Crippen LogP contribution >= 0.6 is 11.3 Å². The van der Waals surface area contributed by atoms with Gasteiger partial charge in [-0.2, -0.15) is 0 Å². The van der Waals surface area contributed by atoms with Crippen molar-refractivity contribution >= 4 is 28.4 Å². The molecule has 0 radical (unpaired) electrons. The van der Waals surface area contributed by atoms with Crippen molar-refractivity contribution in [3.8, 4) is 0 Å². The molecular weight excluding hydrogens is 304 g/mol. The molecule has 0 aliphatic heterocycles. The van der Waals surface area contributed by atoms with E-state index in [1.165, 1.54) is 17.2 Å². The molecule has 4 N–H and O–H groups in total. The van der Waals surface area contributed by atoms with Crippen LogP contribution in [-0.4, -0.2) is 16.4 Å². The summed E-state index contributed by atoms with van der Waals surface area (Å²) in [5.74, 6) is 0. The Kier molecular flexibility index (Phi) is 6.85. The standard InChI is InChI=1S/C15H17N3S.C3H7N/c1-4-12(16)14-8-19-15(18-14)7-11-5-10(3)13(17)6-9(11)2;1-3(2)4/h4-6,8,16H,1,7,17H2,2-3H3;4H,1-2H3. The molecule has 0 aliphatic rings. The van der Waals surface area contributed by atoms with Gasteiger partial charge in [-0.1, -0.05) is 12.6 Å². The monoisotopic (exact) mass is 328 g/mol. The largest absolute Gasteiger partial charge is 0.399 e. The lowest BCUT2D eigenvalue weighted by atomic mass is 10.0. The molecule has 23 heavy (non-hydrogen) atoms. The topological polar surface area (TPSA) is 86.6 Å². The van der Waals surface area contributed by atoms with Gasteiger partial charge in [0.05, 0.1) is 16.4 Å². The quantitative estimate of drug-likeness (QED) is 0.568. The smallest absolute Gasteiger partial charge is 0.0991 e. The van der Waals surface area contributed by atoms with Crippen molar-refractivity contribution in [2.45, 2.75) is 34.1 Å². The molecule has 0 spiro atoms. The molecule has 0 saturated heterocycles. The van der Waals surface area contributed by atoms with E-state index >= 15 is 0 Å². The molecule has 0 saturated carbocycles. The van der Waals surface area contributed by atoms with Crippen LogP contribution < -0.4 is 5.73 Å². The zero-order chi connectivity index (χ0) is 17.6. The molecule has 0 atom stereocenters. The first-order chi connectivity index (χ1) is 10.7. The van der Waals surface area contributed by atoms with Gasteiger partial charge in [0, 0.05) is 23.2 Å². The number of anilines is 1. The molecule has 2 rings (SSSR count). The van der Waals surface area contributed by atoms with Gasteiger partial charge >= 0.3 is 0 Å². The lowest BCUT2D eigenvalue weighted by Crippen LogP contribution is -1.98. The molecule has 122 valence electrons. The van der Waals surface area contributed by atoms with E-state index in [9.17, 15) is 0 Å². The number of hydrogen-bond donors (Lipinski definition) is 3. The van der Waals surface area contributed by atoms with Crippen LogP contribution in [0.3, 0.4) is 0 Å². The molecule has 1 aromatic carbocycles. The number of allylic oxidation sites excluding steroid dienone is 1. The Labute approximate surface area is 142 Å². The minimum Gasteiger partial charge on any atom is -0.399 e. The predicted molar refractivity (Wildman–Crippen MR) is 101 cm³/mol. The first-order valence-electron chi connectivity index (χ1n) is 7.27. The van der Waals surface area contributed by atoms with Crippen LogP contribution in [0.25, 0.3) is 0 Å². The summed E-state index contributed by atoms with van der Waals surface area (Å²) in [7, 11) is 0. The summed E-state index contributed by atoms with van der Waals surface area (Å²) >= 11 is 1.58. The highest BCUT2D eigenvalue weighted by molar-refractivity contribution is 7.09. The number of hydrogen-bond acceptors (Lipinski definition) is 5. The van der Waals surface area contributed by atoms with E-state index in [2.05, 4.69) is 24.6 Å². The average molecular weight is 328 g/mol. The number of thiazole rings is 1. The van der Waals surface area contributed by atoms with E-state index in [0.717, 1.165) is 22.7 Å². The lowest BCUT2D eigenvalue weighted by Gasteiger charge is -2.08. The zero-order valence-electron chi connectivity index (χ0n) is 14.2. The third-order valence-electron chi connectivity index (χ3n) is 3.10. The summed E-state index contributed by atoms with van der Waals surface area (Å²) in [6.45, 7) is 11.2. The normalized spacial score (nSPS) is 9.74. The van der Waals surface area contributed by atoms with Crippen LogP contribution in [0, 0.1) is 24.7 Å². The van der Waals surface area contributed by atoms with Gasteiger partial charge in [0.25, 0.3) is 0 Å². The fraction of sp³-hybridized carbons (Fsp3) is 0.278. The van der Waals surface area contributed by atoms with E-state index in [0.29, 0.717) is 17.1 Å². The minimum atomic E-state index is 0.368. The van der Waals surface area contributed by atoms with Crippen LogP contribution in [0.15, 0.2) is 30.2 Å². The van der Waals surface area contributed by atoms with Gasteiger partial charge in [0.2, 0.25) is 0 Å². The van der Waals surface area contributed by atoms with Crippen molar-refractivity contribution in [2.24, 2.45) is 0 Å². The van der Waals surface area contributed by atoms with Gasteiger partial charge in [0.1, 0.15) is 0 Å². The van der Waals surface area contributed by atoms with Crippen LogP contribution in [0.5, 0.6) is 0 Å². The number of nitrogens with two attached hydrogens (primary N) is 1. The molecule has 0 amide bonds. The van der Waals surface area contributed by atoms with Crippen LogP contribution in [-0.2, 0) is 6.42 Å². The van der Waals surface area contributed by atoms with Crippen molar-refractivity contribution in [3.05, 3.63) is 57.6 Å². The number of nitrogen functional groups attached to an aromatic ring is 1. The number of aromatic nitrogens is 1. The molecular formula is C18H24N4S. The third-order valence-corrected chi connectivity index (χ3v) is 3.95. The van der Waals surface area contributed by atoms with Crippen molar-refractivity contribution in [1.29, 1.82) is 10.8 Å². The maximum absolute atomic E-state index is 7.69. The minimum absolute atomic E-state index is 0.368. The molecule has 0 bridgehead atoms. The van der Waals surface area contributed by atoms with Crippen molar-refractivity contribution in [3.63, 3.8) is 0 Å². The SMILES string of the molecule is C=CC(=N)c1csc(Cc2cc(C)c(N)cc2C)n1.CC(C)=N. The maximum Gasteiger partial charge on any atom is 0.0991 e. The van der Waals surface area contributed by atoms with Gasteiger partial charge in [-0.15, -0.1) is 11.3 Å². The summed E-state index contributed by atoms with van der Waals surface area (Å²) in [6.07, 6.45) is 2.29. The number of benzene rings is 1. The van der Waals surface area contributed by atoms with Crippen LogP contribution in [0.4, 0.5) is 5.69 Å². The molecule has 0 unspecified atom stereocenters. The second-order valence-corrected chi connectivity index (χ2v) is 6.50. The Balaban J connectivity index is 0.000000593. The van der Waals surface area contributed by atoms with Gasteiger partial charge in [-0.05, 0) is 56.5 Å². The first-order valence-corrected chi connectivity index (χ1v) is 8.15. The Hall–Kier alpha value is -2.27. The number of nitrogens with zero attached hydrogens (tertiary/aromatic N) is 1. The summed E-state index contributed by atoms with van der Waals surface area (Å²) in [5, 5.41) is 17.1. The van der Waals surface area contributed by atoms with Gasteiger partial charge < -0.3 is 11.1 Å². The van der Waals surface area contributed by atoms with Crippen molar-refractivity contribution < 1.29 is 0 Å². The summed E-state index contributed by atoms with van der Waals surface area (Å²) in [4.78, 5) is 4.46. The van der Waals surface area contributed by atoms with Crippen molar-refractivity contribution in [2.75, 3.05) is 5.73 Å². The van der Waals surface area contributed by atoms with Gasteiger partial charge in [0.15, 0.2) is 0 Å². The van der Waals surface area contributed by atoms with Gasteiger partial charge in [-0.25, -0.2) is 4.98 Å². The molecule has 2 aromatic rings. The summed E-state index contributed by atoms with van der Waals surface area (Å²) in [6, 6.07) is 4.12. The van der Waals surface area contributed by atoms with E-state index in [-0.39, 0.29) is 0 Å². The number of nitrogens with one attached hydrogen (secondary N) is 2. The average Bonchev–Trinajstić information content (AvgIpc) is 2.92. The second-order valence-electron chi connectivity index (χ2n) is 5.56. The van der Waals surface area contributed by atoms with Crippen LogP contribution in [0.2, 0.25) is 0 Å². The summed E-state index contributed by atoms with van der Waals surface area (Å²) < 4.78 is 0. The van der Waals surface area contributed by atoms with Crippen molar-refractivity contribution in [1.82, 2.24) is 4.98 Å². The van der Waals surface area contributed by atoms with E-state index < -0.39 is 0 Å². The molecule has 0 aliphatic carbocycles. The molecule has 0 fully saturated rings. The molecule has 1 heterocycles. The highest BCUT2D eigenvalue weighted by atomic mass is 32.1. The third kappa shape index (κ3) is 5.79. The maximum atomic E-state index is 7.69. The van der Waals surface area contributed by atoms with Gasteiger partial charge in [-0.3, -0.25) is 5.41 Å². The Bertz CT molecular complexity index is 725. The molecule has 5 heteroatoms. The lowest BCUT2D eigenvalue weighted by molar-refractivity contribution is 1.10. The fourth-order valence-electron chi connectivity index (χ4n) is 1.87. The Morgan fingerprint density at radius 3 is 2.43 bits per heavy atom. The molecule has 4 nitrogen and oxygen atoms in total. The van der Waals surface area contributed by atoms with E-state index in [1.54, 1.807) is 25.2 Å². The number of aryl methyl sites for hydroxylation is 2. The highest BCUT2D eigenvalue weighted by Crippen LogP contribution is 2.22. The summed E-state index contributed by atoms with van der Waals surface area (Å²) in [5.41, 5.74) is 12.0. The predicted octanol–water partition coefficient (Wildman–Crippen LogP) is 4.53. The zero-order valence-corrected chi connectivity index (χ0v) is 15.0. The van der Waals surface area contributed by atoms with E-state index in [4.69, 9.17) is 16.6 Å². The first kappa shape index (κ1) is 18.8. The van der Waals surface area contributed by atoms with Crippen LogP contribution in [0.1, 0.15) is 41.2 Å².